The minimum absolute atomic E-state index is 0.276. The summed E-state index contributed by atoms with van der Waals surface area (Å²) in [7, 11) is 4.92. The van der Waals surface area contributed by atoms with Crippen molar-refractivity contribution in [3.8, 4) is 23.0 Å². The Morgan fingerprint density at radius 2 is 1.72 bits per heavy atom. The van der Waals surface area contributed by atoms with Gasteiger partial charge in [-0.1, -0.05) is 11.3 Å². The number of hydrogen-bond acceptors (Lipinski definition) is 8. The largest absolute Gasteiger partial charge is 0.508 e. The second-order valence-corrected chi connectivity index (χ2v) is 7.97. The number of methoxy groups -OCH3 is 3. The molecule has 2 heterocycles. The minimum Gasteiger partial charge on any atom is -0.508 e. The van der Waals surface area contributed by atoms with Gasteiger partial charge in [-0.15, -0.1) is 0 Å². The van der Waals surface area contributed by atoms with Gasteiger partial charge in [-0.2, -0.15) is 0 Å². The van der Waals surface area contributed by atoms with Crippen LogP contribution in [0.5, 0.6) is 23.0 Å². The Morgan fingerprint density at radius 1 is 1.03 bits per heavy atom. The molecule has 0 unspecified atom stereocenters. The van der Waals surface area contributed by atoms with Gasteiger partial charge < -0.3 is 29.5 Å². The SMILES string of the molecule is COc1cc(OC)c(NC2CCN(c3nc4ccc(O)cc4s3)CC2)c(OC)c1. The number of nitrogens with one attached hydrogen (secondary N) is 1. The second-order valence-electron chi connectivity index (χ2n) is 6.96. The van der Waals surface area contributed by atoms with Crippen LogP contribution in [0, 0.1) is 0 Å². The summed E-state index contributed by atoms with van der Waals surface area (Å²) < 4.78 is 17.4. The first kappa shape index (κ1) is 19.4. The van der Waals surface area contributed by atoms with Crippen molar-refractivity contribution in [1.82, 2.24) is 4.98 Å². The number of ether oxygens (including phenoxy) is 3. The van der Waals surface area contributed by atoms with Gasteiger partial charge in [0.05, 0.1) is 31.5 Å². The molecule has 0 saturated carbocycles. The summed E-state index contributed by atoms with van der Waals surface area (Å²) in [6.45, 7) is 1.81. The summed E-state index contributed by atoms with van der Waals surface area (Å²) in [5, 5.41) is 14.3. The minimum atomic E-state index is 0.276. The smallest absolute Gasteiger partial charge is 0.186 e. The number of fused-ring (bicyclic) bond motifs is 1. The van der Waals surface area contributed by atoms with Crippen molar-refractivity contribution in [2.24, 2.45) is 0 Å². The van der Waals surface area contributed by atoms with Crippen molar-refractivity contribution in [2.45, 2.75) is 18.9 Å². The first-order chi connectivity index (χ1) is 14.1. The van der Waals surface area contributed by atoms with E-state index in [1.165, 1.54) is 0 Å². The van der Waals surface area contributed by atoms with E-state index < -0.39 is 0 Å². The van der Waals surface area contributed by atoms with E-state index in [2.05, 4.69) is 10.2 Å². The van der Waals surface area contributed by atoms with Gasteiger partial charge in [0.2, 0.25) is 0 Å². The highest BCUT2D eigenvalue weighted by atomic mass is 32.1. The fourth-order valence-electron chi connectivity index (χ4n) is 3.60. The van der Waals surface area contributed by atoms with Crippen LogP contribution in [0.15, 0.2) is 30.3 Å². The maximum absolute atomic E-state index is 9.67. The summed E-state index contributed by atoms with van der Waals surface area (Å²) in [4.78, 5) is 7.03. The van der Waals surface area contributed by atoms with E-state index in [0.29, 0.717) is 23.3 Å². The Bertz CT molecular complexity index is 974. The lowest BCUT2D eigenvalue weighted by molar-refractivity contribution is 0.376. The van der Waals surface area contributed by atoms with Gasteiger partial charge in [0.1, 0.15) is 28.7 Å². The van der Waals surface area contributed by atoms with Crippen LogP contribution in [0.2, 0.25) is 0 Å². The molecular formula is C21H25N3O4S. The molecule has 1 aliphatic rings. The Morgan fingerprint density at radius 3 is 2.34 bits per heavy atom. The zero-order valence-corrected chi connectivity index (χ0v) is 17.6. The van der Waals surface area contributed by atoms with Crippen molar-refractivity contribution < 1.29 is 19.3 Å². The molecule has 8 heteroatoms. The quantitative estimate of drug-likeness (QED) is 0.627. The van der Waals surface area contributed by atoms with Crippen molar-refractivity contribution in [3.63, 3.8) is 0 Å². The maximum Gasteiger partial charge on any atom is 0.186 e. The number of rotatable bonds is 6. The van der Waals surface area contributed by atoms with Crippen molar-refractivity contribution in [2.75, 3.05) is 44.6 Å². The zero-order chi connectivity index (χ0) is 20.4. The summed E-state index contributed by atoms with van der Waals surface area (Å²) >= 11 is 1.62. The van der Waals surface area contributed by atoms with E-state index in [4.69, 9.17) is 19.2 Å². The topological polar surface area (TPSA) is 76.1 Å². The third-order valence-corrected chi connectivity index (χ3v) is 6.27. The van der Waals surface area contributed by atoms with E-state index in [0.717, 1.165) is 47.0 Å². The molecule has 1 aromatic heterocycles. The third kappa shape index (κ3) is 3.98. The van der Waals surface area contributed by atoms with Crippen LogP contribution in [0.3, 0.4) is 0 Å². The highest BCUT2D eigenvalue weighted by Crippen LogP contribution is 2.40. The number of aromatic hydroxyl groups is 1. The van der Waals surface area contributed by atoms with Gasteiger partial charge in [0, 0.05) is 31.3 Å². The second kappa shape index (κ2) is 8.24. The molecule has 7 nitrogen and oxygen atoms in total. The fourth-order valence-corrected chi connectivity index (χ4v) is 4.65. The zero-order valence-electron chi connectivity index (χ0n) is 16.8. The van der Waals surface area contributed by atoms with E-state index in [9.17, 15) is 5.11 Å². The van der Waals surface area contributed by atoms with Crippen LogP contribution in [0.4, 0.5) is 10.8 Å². The summed E-state index contributed by atoms with van der Waals surface area (Å²) in [5.74, 6) is 2.38. The molecule has 3 aromatic rings. The number of benzene rings is 2. The first-order valence-electron chi connectivity index (χ1n) is 9.52. The molecule has 0 bridgehead atoms. The van der Waals surface area contributed by atoms with Crippen molar-refractivity contribution >= 4 is 32.4 Å². The van der Waals surface area contributed by atoms with E-state index in [1.807, 2.05) is 18.2 Å². The molecule has 154 valence electrons. The van der Waals surface area contributed by atoms with Crippen molar-refractivity contribution in [3.05, 3.63) is 30.3 Å². The van der Waals surface area contributed by atoms with Gasteiger partial charge in [-0.25, -0.2) is 4.98 Å². The lowest BCUT2D eigenvalue weighted by Gasteiger charge is -2.33. The van der Waals surface area contributed by atoms with Gasteiger partial charge in [0.25, 0.3) is 0 Å². The van der Waals surface area contributed by atoms with E-state index >= 15 is 0 Å². The monoisotopic (exact) mass is 415 g/mol. The molecule has 1 saturated heterocycles. The Kier molecular flexibility index (Phi) is 5.53. The lowest BCUT2D eigenvalue weighted by atomic mass is 10.0. The predicted octanol–water partition coefficient (Wildman–Crippen LogP) is 4.11. The molecule has 29 heavy (non-hydrogen) atoms. The number of phenols is 1. The third-order valence-electron chi connectivity index (χ3n) is 5.19. The molecule has 0 spiro atoms. The molecule has 1 aliphatic heterocycles. The predicted molar refractivity (Wildman–Crippen MR) is 116 cm³/mol. The average Bonchev–Trinajstić information content (AvgIpc) is 3.17. The molecule has 0 radical (unpaired) electrons. The number of thiazole rings is 1. The lowest BCUT2D eigenvalue weighted by Crippen LogP contribution is -2.39. The van der Waals surface area contributed by atoms with E-state index in [-0.39, 0.29) is 5.75 Å². The van der Waals surface area contributed by atoms with Crippen LogP contribution in [-0.4, -0.2) is 50.6 Å². The number of hydrogen-bond donors (Lipinski definition) is 2. The Hall–Kier alpha value is -2.87. The average molecular weight is 416 g/mol. The van der Waals surface area contributed by atoms with Crippen LogP contribution in [0.25, 0.3) is 10.2 Å². The number of anilines is 2. The summed E-state index contributed by atoms with van der Waals surface area (Å²) in [6.07, 6.45) is 1.94. The maximum atomic E-state index is 9.67. The number of piperidine rings is 1. The molecule has 2 aromatic carbocycles. The summed E-state index contributed by atoms with van der Waals surface area (Å²) in [5.41, 5.74) is 1.78. The molecule has 0 amide bonds. The van der Waals surface area contributed by atoms with Gasteiger partial charge in [-0.3, -0.25) is 0 Å². The molecule has 0 atom stereocenters. The summed E-state index contributed by atoms with van der Waals surface area (Å²) in [6, 6.07) is 9.33. The highest BCUT2D eigenvalue weighted by Gasteiger charge is 2.24. The molecule has 4 rings (SSSR count). The number of nitrogens with zero attached hydrogens (tertiary/aromatic N) is 2. The first-order valence-corrected chi connectivity index (χ1v) is 10.3. The van der Waals surface area contributed by atoms with Gasteiger partial charge >= 0.3 is 0 Å². The van der Waals surface area contributed by atoms with Gasteiger partial charge in [0.15, 0.2) is 5.13 Å². The molecule has 0 aliphatic carbocycles. The Balaban J connectivity index is 1.46. The fraction of sp³-hybridized carbons (Fsp3) is 0.381. The standard InChI is InChI=1S/C21H25N3O4S/c1-26-15-11-17(27-2)20(18(12-15)28-3)22-13-6-8-24(9-7-13)21-23-16-5-4-14(25)10-19(16)29-21/h4-5,10-13,22,25H,6-9H2,1-3H3. The molecular weight excluding hydrogens is 390 g/mol. The normalized spacial score (nSPS) is 14.8. The van der Waals surface area contributed by atoms with E-state index in [1.54, 1.807) is 44.8 Å². The molecule has 2 N–H and O–H groups in total. The van der Waals surface area contributed by atoms with Crippen molar-refractivity contribution in [1.29, 1.82) is 0 Å². The van der Waals surface area contributed by atoms with Gasteiger partial charge in [-0.05, 0) is 31.0 Å². The van der Waals surface area contributed by atoms with Crippen LogP contribution >= 0.6 is 11.3 Å². The Labute approximate surface area is 173 Å². The van der Waals surface area contributed by atoms with Crippen LogP contribution < -0.4 is 24.4 Å². The highest BCUT2D eigenvalue weighted by molar-refractivity contribution is 7.22. The van der Waals surface area contributed by atoms with Crippen LogP contribution in [-0.2, 0) is 0 Å². The number of phenolic OH excluding ortho intramolecular Hbond substituents is 1. The number of aromatic nitrogens is 1. The molecule has 1 fully saturated rings. The van der Waals surface area contributed by atoms with Crippen LogP contribution in [0.1, 0.15) is 12.8 Å².